The van der Waals surface area contributed by atoms with E-state index in [1.54, 1.807) is 66.7 Å². The second kappa shape index (κ2) is 10.5. The van der Waals surface area contributed by atoms with Crippen LogP contribution in [-0.2, 0) is 14.4 Å². The molecule has 9 heteroatoms. The summed E-state index contributed by atoms with van der Waals surface area (Å²) in [6, 6.07) is 26.1. The van der Waals surface area contributed by atoms with E-state index < -0.39 is 35.8 Å². The molecule has 4 atom stereocenters. The number of carbonyl (C=O) groups is 4. The topological polar surface area (TPSA) is 102 Å². The SMILES string of the molecule is O=C(c1ccccc1)c1ccc(OC(=O)[C@H]2[C@H]3C(=O)N(c4ccc5c(c4)OCCO5)C(=O)[C@@H]3[C@H]3C=Cc4ccccc4N32)cc1. The molecule has 0 spiro atoms. The van der Waals surface area contributed by atoms with Crippen LogP contribution in [0, 0.1) is 11.8 Å². The highest BCUT2D eigenvalue weighted by Crippen LogP contribution is 2.50. The number of hydrogen-bond donors (Lipinski definition) is 0. The molecule has 4 heterocycles. The summed E-state index contributed by atoms with van der Waals surface area (Å²) in [6.07, 6.45) is 3.81. The predicted molar refractivity (Wildman–Crippen MR) is 164 cm³/mol. The zero-order chi connectivity index (χ0) is 30.7. The molecule has 2 fully saturated rings. The summed E-state index contributed by atoms with van der Waals surface area (Å²) in [5, 5.41) is 0. The molecule has 9 nitrogen and oxygen atoms in total. The second-order valence-corrected chi connectivity index (χ2v) is 11.3. The molecule has 0 aromatic heterocycles. The number of imide groups is 1. The molecule has 45 heavy (non-hydrogen) atoms. The molecule has 222 valence electrons. The Labute approximate surface area is 258 Å². The highest BCUT2D eigenvalue weighted by molar-refractivity contribution is 6.24. The number of nitrogens with zero attached hydrogens (tertiary/aromatic N) is 2. The molecule has 2 saturated heterocycles. The van der Waals surface area contributed by atoms with Gasteiger partial charge < -0.3 is 19.1 Å². The third-order valence-corrected chi connectivity index (χ3v) is 8.81. The van der Waals surface area contributed by atoms with E-state index in [0.29, 0.717) is 41.5 Å². The van der Waals surface area contributed by atoms with Crippen LogP contribution in [0.1, 0.15) is 21.5 Å². The van der Waals surface area contributed by atoms with Crippen LogP contribution in [0.3, 0.4) is 0 Å². The second-order valence-electron chi connectivity index (χ2n) is 11.3. The summed E-state index contributed by atoms with van der Waals surface area (Å²) in [4.78, 5) is 58.2. The average Bonchev–Trinajstić information content (AvgIpc) is 3.57. The lowest BCUT2D eigenvalue weighted by Crippen LogP contribution is -2.50. The number of benzene rings is 4. The first kappa shape index (κ1) is 26.9. The van der Waals surface area contributed by atoms with Crippen molar-refractivity contribution in [1.29, 1.82) is 0 Å². The van der Waals surface area contributed by atoms with Crippen LogP contribution in [0.2, 0.25) is 0 Å². The third-order valence-electron chi connectivity index (χ3n) is 8.81. The summed E-state index contributed by atoms with van der Waals surface area (Å²) in [5.41, 5.74) is 2.98. The molecule has 4 aromatic rings. The highest BCUT2D eigenvalue weighted by atomic mass is 16.6. The molecule has 4 aromatic carbocycles. The molecule has 0 radical (unpaired) electrons. The monoisotopic (exact) mass is 598 g/mol. The van der Waals surface area contributed by atoms with Gasteiger partial charge in [0.05, 0.1) is 23.6 Å². The Bertz CT molecular complexity index is 1900. The molecule has 0 N–H and O–H groups in total. The first-order valence-electron chi connectivity index (χ1n) is 14.7. The van der Waals surface area contributed by atoms with Crippen molar-refractivity contribution in [2.24, 2.45) is 11.8 Å². The summed E-state index contributed by atoms with van der Waals surface area (Å²) in [7, 11) is 0. The van der Waals surface area contributed by atoms with Crippen molar-refractivity contribution in [3.63, 3.8) is 0 Å². The Balaban J connectivity index is 1.13. The van der Waals surface area contributed by atoms with E-state index in [-0.39, 0.29) is 17.4 Å². The maximum Gasteiger partial charge on any atom is 0.335 e. The largest absolute Gasteiger partial charge is 0.486 e. The maximum absolute atomic E-state index is 14.2. The van der Waals surface area contributed by atoms with E-state index in [2.05, 4.69) is 0 Å². The zero-order valence-corrected chi connectivity index (χ0v) is 23.9. The van der Waals surface area contributed by atoms with Gasteiger partial charge in [-0.3, -0.25) is 14.4 Å². The number of hydrogen-bond acceptors (Lipinski definition) is 8. The number of fused-ring (bicyclic) bond motifs is 6. The predicted octanol–water partition coefficient (Wildman–Crippen LogP) is 4.68. The van der Waals surface area contributed by atoms with Gasteiger partial charge in [0.25, 0.3) is 0 Å². The van der Waals surface area contributed by atoms with Crippen LogP contribution in [0.4, 0.5) is 11.4 Å². The molecule has 0 saturated carbocycles. The van der Waals surface area contributed by atoms with Gasteiger partial charge >= 0.3 is 5.97 Å². The minimum atomic E-state index is -1.07. The van der Waals surface area contributed by atoms with Gasteiger partial charge in [-0.15, -0.1) is 0 Å². The summed E-state index contributed by atoms with van der Waals surface area (Å²) >= 11 is 0. The fourth-order valence-electron chi connectivity index (χ4n) is 6.82. The van der Waals surface area contributed by atoms with Gasteiger partial charge in [-0.2, -0.15) is 0 Å². The minimum absolute atomic E-state index is 0.152. The summed E-state index contributed by atoms with van der Waals surface area (Å²) < 4.78 is 17.2. The Morgan fingerprint density at radius 3 is 2.22 bits per heavy atom. The van der Waals surface area contributed by atoms with Gasteiger partial charge in [0.1, 0.15) is 25.0 Å². The quantitative estimate of drug-likeness (QED) is 0.141. The maximum atomic E-state index is 14.2. The van der Waals surface area contributed by atoms with Crippen molar-refractivity contribution in [2.75, 3.05) is 23.0 Å². The third kappa shape index (κ3) is 4.30. The molecule has 4 aliphatic rings. The lowest BCUT2D eigenvalue weighted by atomic mass is 9.89. The van der Waals surface area contributed by atoms with Crippen molar-refractivity contribution < 1.29 is 33.4 Å². The number of rotatable bonds is 5. The van der Waals surface area contributed by atoms with Crippen LogP contribution in [0.15, 0.2) is 103 Å². The molecule has 0 unspecified atom stereocenters. The standard InChI is InChI=1S/C36H26N2O7/c39-33(22-7-2-1-3-8-22)23-10-14-25(15-11-23)45-36(42)32-31-30(27-16-12-21-6-4-5-9-26(21)38(27)32)34(40)37(35(31)41)24-13-17-28-29(20-24)44-19-18-43-28/h1-17,20,27,30-32H,18-19H2/t27-,30-,31+,32-/m1/s1. The number of amides is 2. The first-order chi connectivity index (χ1) is 22.0. The normalized spacial score (nSPS) is 22.5. The zero-order valence-electron chi connectivity index (χ0n) is 23.9. The first-order valence-corrected chi connectivity index (χ1v) is 14.7. The summed E-state index contributed by atoms with van der Waals surface area (Å²) in [6.45, 7) is 0.777. The number of esters is 1. The van der Waals surface area contributed by atoms with E-state index in [4.69, 9.17) is 14.2 Å². The van der Waals surface area contributed by atoms with Crippen molar-refractivity contribution in [3.8, 4) is 17.2 Å². The van der Waals surface area contributed by atoms with E-state index >= 15 is 0 Å². The van der Waals surface area contributed by atoms with E-state index in [1.165, 1.54) is 0 Å². The molecule has 2 amide bonds. The minimum Gasteiger partial charge on any atom is -0.486 e. The number of anilines is 2. The molecular formula is C36H26N2O7. The van der Waals surface area contributed by atoms with Gasteiger partial charge in [-0.1, -0.05) is 60.7 Å². The van der Waals surface area contributed by atoms with Crippen molar-refractivity contribution >= 4 is 41.0 Å². The van der Waals surface area contributed by atoms with Crippen LogP contribution in [0.5, 0.6) is 17.2 Å². The van der Waals surface area contributed by atoms with Crippen molar-refractivity contribution in [1.82, 2.24) is 0 Å². The summed E-state index contributed by atoms with van der Waals surface area (Å²) in [5.74, 6) is -2.25. The van der Waals surface area contributed by atoms with E-state index in [0.717, 1.165) is 16.2 Å². The number of ether oxygens (including phenoxy) is 3. The number of para-hydroxylation sites is 1. The van der Waals surface area contributed by atoms with Gasteiger partial charge in [-0.05, 0) is 48.0 Å². The molecule has 4 aliphatic heterocycles. The van der Waals surface area contributed by atoms with Gasteiger partial charge in [0.15, 0.2) is 17.3 Å². The van der Waals surface area contributed by atoms with E-state index in [1.807, 2.05) is 47.4 Å². The number of ketones is 1. The Hall–Kier alpha value is -5.70. The van der Waals surface area contributed by atoms with Crippen LogP contribution in [-0.4, -0.2) is 48.9 Å². The van der Waals surface area contributed by atoms with Crippen LogP contribution >= 0.6 is 0 Å². The fraction of sp³-hybridized carbons (Fsp3) is 0.167. The fourth-order valence-corrected chi connectivity index (χ4v) is 6.82. The lowest BCUT2D eigenvalue weighted by molar-refractivity contribution is -0.139. The molecular weight excluding hydrogens is 572 g/mol. The van der Waals surface area contributed by atoms with Gasteiger partial charge in [-0.25, -0.2) is 9.69 Å². The molecule has 0 aliphatic carbocycles. The smallest absolute Gasteiger partial charge is 0.335 e. The molecule has 8 rings (SSSR count). The average molecular weight is 599 g/mol. The Morgan fingerprint density at radius 1 is 0.733 bits per heavy atom. The Kier molecular flexibility index (Phi) is 6.26. The van der Waals surface area contributed by atoms with Crippen molar-refractivity contribution in [3.05, 3.63) is 120 Å². The van der Waals surface area contributed by atoms with E-state index in [9.17, 15) is 19.2 Å². The number of carbonyl (C=O) groups excluding carboxylic acids is 4. The van der Waals surface area contributed by atoms with Crippen molar-refractivity contribution in [2.45, 2.75) is 12.1 Å². The Morgan fingerprint density at radius 2 is 1.42 bits per heavy atom. The highest BCUT2D eigenvalue weighted by Gasteiger charge is 2.65. The van der Waals surface area contributed by atoms with Gasteiger partial charge in [0, 0.05) is 22.9 Å². The van der Waals surface area contributed by atoms with Gasteiger partial charge in [0.2, 0.25) is 11.8 Å². The van der Waals surface area contributed by atoms with Crippen LogP contribution in [0.25, 0.3) is 6.08 Å². The van der Waals surface area contributed by atoms with Crippen LogP contribution < -0.4 is 24.0 Å². The molecule has 0 bridgehead atoms. The lowest BCUT2D eigenvalue weighted by Gasteiger charge is -2.36.